The van der Waals surface area contributed by atoms with Gasteiger partial charge in [-0.2, -0.15) is 0 Å². The maximum Gasteiger partial charge on any atom is 0.280 e. The molecule has 0 fully saturated rings. The van der Waals surface area contributed by atoms with Gasteiger partial charge in [0.05, 0.1) is 5.69 Å². The Morgan fingerprint density at radius 1 is 1.32 bits per heavy atom. The second kappa shape index (κ2) is 6.18. The van der Waals surface area contributed by atoms with Crippen molar-refractivity contribution >= 4 is 23.2 Å². The predicted molar refractivity (Wildman–Crippen MR) is 80.8 cm³/mol. The molecular weight excluding hydrogens is 302 g/mol. The monoisotopic (exact) mass is 317 g/mol. The third-order valence-corrected chi connectivity index (χ3v) is 4.67. The van der Waals surface area contributed by atoms with Gasteiger partial charge in [0.2, 0.25) is 0 Å². The molecule has 1 aliphatic rings. The van der Waals surface area contributed by atoms with Crippen molar-refractivity contribution in [3.63, 3.8) is 0 Å². The van der Waals surface area contributed by atoms with Gasteiger partial charge in [-0.25, -0.2) is 15.0 Å². The fourth-order valence-corrected chi connectivity index (χ4v) is 3.39. The van der Waals surface area contributed by atoms with E-state index in [0.29, 0.717) is 36.6 Å². The summed E-state index contributed by atoms with van der Waals surface area (Å²) in [5, 5.41) is 3.07. The third kappa shape index (κ3) is 2.82. The second-order valence-electron chi connectivity index (χ2n) is 4.85. The average Bonchev–Trinajstić information content (AvgIpc) is 2.88. The molecule has 0 aromatic carbocycles. The topological polar surface area (TPSA) is 88.1 Å². The maximum absolute atomic E-state index is 12.4. The highest BCUT2D eigenvalue weighted by Gasteiger charge is 2.24. The van der Waals surface area contributed by atoms with E-state index < -0.39 is 0 Å². The normalized spacial score (nSPS) is 14.1. The Morgan fingerprint density at radius 2 is 2.14 bits per heavy atom. The molecule has 1 aliphatic heterocycles. The van der Waals surface area contributed by atoms with Crippen LogP contribution in [0.25, 0.3) is 0 Å². The van der Waals surface area contributed by atoms with Crippen LogP contribution in [0.15, 0.2) is 18.6 Å². The Morgan fingerprint density at radius 3 is 2.86 bits per heavy atom. The highest BCUT2D eigenvalue weighted by Crippen LogP contribution is 2.23. The van der Waals surface area contributed by atoms with Crippen molar-refractivity contribution in [1.82, 2.24) is 25.2 Å². The Labute approximate surface area is 131 Å². The molecule has 8 heteroatoms. The fourth-order valence-electron chi connectivity index (χ4n) is 2.35. The molecule has 2 aromatic rings. The number of carbonyl (C=O) groups is 2. The molecule has 0 bridgehead atoms. The average molecular weight is 317 g/mol. The van der Waals surface area contributed by atoms with Crippen LogP contribution < -0.4 is 5.32 Å². The summed E-state index contributed by atoms with van der Waals surface area (Å²) in [6.07, 6.45) is 4.30. The lowest BCUT2D eigenvalue weighted by Crippen LogP contribution is -2.33. The summed E-state index contributed by atoms with van der Waals surface area (Å²) in [4.78, 5) is 39.1. The van der Waals surface area contributed by atoms with E-state index in [0.717, 1.165) is 10.6 Å². The molecular formula is C14H15N5O2S. The van der Waals surface area contributed by atoms with Gasteiger partial charge in [0, 0.05) is 44.1 Å². The fraction of sp³-hybridized carbons (Fsp3) is 0.357. The van der Waals surface area contributed by atoms with Crippen LogP contribution in [-0.4, -0.2) is 51.8 Å². The molecule has 114 valence electrons. The molecule has 3 rings (SSSR count). The van der Waals surface area contributed by atoms with Crippen molar-refractivity contribution in [1.29, 1.82) is 0 Å². The van der Waals surface area contributed by atoms with Crippen molar-refractivity contribution in [2.75, 3.05) is 20.1 Å². The highest BCUT2D eigenvalue weighted by atomic mass is 32.1. The minimum atomic E-state index is -0.160. The maximum atomic E-state index is 12.4. The number of carbonyl (C=O) groups excluding carboxylic acids is 2. The van der Waals surface area contributed by atoms with Crippen LogP contribution in [0.4, 0.5) is 0 Å². The van der Waals surface area contributed by atoms with E-state index in [2.05, 4.69) is 20.3 Å². The molecule has 7 nitrogen and oxygen atoms in total. The Balaban J connectivity index is 1.73. The van der Waals surface area contributed by atoms with Crippen LogP contribution in [0.3, 0.4) is 0 Å². The highest BCUT2D eigenvalue weighted by molar-refractivity contribution is 7.13. The smallest absolute Gasteiger partial charge is 0.280 e. The van der Waals surface area contributed by atoms with Crippen LogP contribution >= 0.6 is 11.3 Å². The molecule has 22 heavy (non-hydrogen) atoms. The second-order valence-corrected chi connectivity index (χ2v) is 5.94. The van der Waals surface area contributed by atoms with Gasteiger partial charge in [-0.3, -0.25) is 9.59 Å². The molecule has 0 saturated carbocycles. The number of amides is 2. The van der Waals surface area contributed by atoms with Crippen LogP contribution in [-0.2, 0) is 12.8 Å². The number of nitrogens with one attached hydrogen (secondary N) is 1. The quantitative estimate of drug-likeness (QED) is 0.873. The summed E-state index contributed by atoms with van der Waals surface area (Å²) in [5.41, 5.74) is 1.32. The zero-order valence-corrected chi connectivity index (χ0v) is 12.9. The van der Waals surface area contributed by atoms with Gasteiger partial charge in [-0.15, -0.1) is 11.3 Å². The molecule has 2 aromatic heterocycles. The molecule has 0 atom stereocenters. The van der Waals surface area contributed by atoms with Gasteiger partial charge in [0.1, 0.15) is 12.0 Å². The van der Waals surface area contributed by atoms with E-state index in [-0.39, 0.29) is 11.8 Å². The van der Waals surface area contributed by atoms with Crippen LogP contribution in [0.1, 0.15) is 30.9 Å². The van der Waals surface area contributed by atoms with Gasteiger partial charge >= 0.3 is 0 Å². The van der Waals surface area contributed by atoms with E-state index in [4.69, 9.17) is 0 Å². The van der Waals surface area contributed by atoms with Crippen molar-refractivity contribution in [3.05, 3.63) is 39.9 Å². The lowest BCUT2D eigenvalue weighted by molar-refractivity contribution is 0.0756. The van der Waals surface area contributed by atoms with Crippen molar-refractivity contribution < 1.29 is 9.59 Å². The van der Waals surface area contributed by atoms with E-state index in [1.54, 1.807) is 24.2 Å². The van der Waals surface area contributed by atoms with Crippen molar-refractivity contribution in [2.45, 2.75) is 12.8 Å². The number of fused-ring (bicyclic) bond motifs is 1. The summed E-state index contributed by atoms with van der Waals surface area (Å²) >= 11 is 1.40. The van der Waals surface area contributed by atoms with Crippen molar-refractivity contribution in [3.8, 4) is 0 Å². The lowest BCUT2D eigenvalue weighted by atomic mass is 10.2. The van der Waals surface area contributed by atoms with E-state index in [9.17, 15) is 9.59 Å². The number of hydrogen-bond donors (Lipinski definition) is 1. The Bertz CT molecular complexity index is 675. The standard InChI is InChI=1S/C14H15N5O2S/c1-15-12(20)13-18-9-3-6-19(7-4-11(9)22-13)14(21)10-2-5-16-8-17-10/h2,5,8H,3-4,6-7H2,1H3,(H,15,20). The minimum Gasteiger partial charge on any atom is -0.353 e. The lowest BCUT2D eigenvalue weighted by Gasteiger charge is -2.19. The van der Waals surface area contributed by atoms with Gasteiger partial charge in [0.15, 0.2) is 5.01 Å². The number of thiazole rings is 1. The molecule has 0 spiro atoms. The van der Waals surface area contributed by atoms with Gasteiger partial charge in [0.25, 0.3) is 11.8 Å². The Kier molecular flexibility index (Phi) is 4.10. The first kappa shape index (κ1) is 14.6. The van der Waals surface area contributed by atoms with Crippen LogP contribution in [0.2, 0.25) is 0 Å². The van der Waals surface area contributed by atoms with Gasteiger partial charge in [-0.05, 0) is 6.07 Å². The summed E-state index contributed by atoms with van der Waals surface area (Å²) in [5.74, 6) is -0.254. The van der Waals surface area contributed by atoms with E-state index in [1.807, 2.05) is 0 Å². The first-order valence-electron chi connectivity index (χ1n) is 6.95. The largest absolute Gasteiger partial charge is 0.353 e. The number of hydrogen-bond acceptors (Lipinski definition) is 6. The summed E-state index contributed by atoms with van der Waals surface area (Å²) in [6.45, 7) is 1.18. The molecule has 0 aliphatic carbocycles. The molecule has 0 unspecified atom stereocenters. The van der Waals surface area contributed by atoms with E-state index >= 15 is 0 Å². The zero-order chi connectivity index (χ0) is 15.5. The van der Waals surface area contributed by atoms with E-state index in [1.165, 1.54) is 17.7 Å². The third-order valence-electron chi connectivity index (χ3n) is 3.52. The molecule has 0 saturated heterocycles. The van der Waals surface area contributed by atoms with Gasteiger partial charge < -0.3 is 10.2 Å². The first-order chi connectivity index (χ1) is 10.7. The van der Waals surface area contributed by atoms with Crippen molar-refractivity contribution in [2.24, 2.45) is 0 Å². The number of nitrogens with zero attached hydrogens (tertiary/aromatic N) is 4. The Hall–Kier alpha value is -2.35. The SMILES string of the molecule is CNC(=O)c1nc2c(s1)CCN(C(=O)c1ccncn1)CC2. The zero-order valence-electron chi connectivity index (χ0n) is 12.1. The number of aromatic nitrogens is 3. The number of rotatable bonds is 2. The summed E-state index contributed by atoms with van der Waals surface area (Å²) in [7, 11) is 1.59. The first-order valence-corrected chi connectivity index (χ1v) is 7.76. The summed E-state index contributed by atoms with van der Waals surface area (Å²) in [6, 6.07) is 1.62. The van der Waals surface area contributed by atoms with Crippen LogP contribution in [0.5, 0.6) is 0 Å². The molecule has 1 N–H and O–H groups in total. The predicted octanol–water partition coefficient (Wildman–Crippen LogP) is 0.534. The van der Waals surface area contributed by atoms with Gasteiger partial charge in [-0.1, -0.05) is 0 Å². The summed E-state index contributed by atoms with van der Waals surface area (Å²) < 4.78 is 0. The molecule has 3 heterocycles. The van der Waals surface area contributed by atoms with Crippen LogP contribution in [0, 0.1) is 0 Å². The molecule has 2 amide bonds. The minimum absolute atomic E-state index is 0.0934. The molecule has 0 radical (unpaired) electrons.